The Balaban J connectivity index is 2.01. The average Bonchev–Trinajstić information content (AvgIpc) is 2.98. The second kappa shape index (κ2) is 4.76. The number of hydrogen-bond acceptors (Lipinski definition) is 2. The Morgan fingerprint density at radius 2 is 1.83 bits per heavy atom. The summed E-state index contributed by atoms with van der Waals surface area (Å²) in [6.45, 7) is 8.24. The molecule has 4 rings (SSSR count). The Morgan fingerprint density at radius 3 is 2.62 bits per heavy atom. The standard InChI is InChI=1S/C20H20FN3/c1-19(2)17-15(8-5-9-16(17)21)18(23-20(19,3)4)13-11-14-7-6-10-24(14)22-12-13/h5-12H,1-4H3. The molecule has 1 aromatic carbocycles. The van der Waals surface area contributed by atoms with E-state index in [2.05, 4.69) is 38.9 Å². The summed E-state index contributed by atoms with van der Waals surface area (Å²) in [7, 11) is 0. The molecule has 0 atom stereocenters. The van der Waals surface area contributed by atoms with Crippen molar-refractivity contribution < 1.29 is 4.39 Å². The van der Waals surface area contributed by atoms with Gasteiger partial charge in [0.05, 0.1) is 23.0 Å². The van der Waals surface area contributed by atoms with E-state index in [1.54, 1.807) is 12.3 Å². The summed E-state index contributed by atoms with van der Waals surface area (Å²) >= 11 is 0. The lowest BCUT2D eigenvalue weighted by Gasteiger charge is -2.44. The molecule has 1 aliphatic heterocycles. The number of aromatic nitrogens is 2. The molecule has 0 unspecified atom stereocenters. The molecule has 0 amide bonds. The molecular formula is C20H20FN3. The lowest BCUT2D eigenvalue weighted by Crippen LogP contribution is -2.46. The van der Waals surface area contributed by atoms with E-state index in [4.69, 9.17) is 4.99 Å². The van der Waals surface area contributed by atoms with Gasteiger partial charge >= 0.3 is 0 Å². The third-order valence-corrected chi connectivity index (χ3v) is 5.47. The van der Waals surface area contributed by atoms with Crippen LogP contribution in [0.25, 0.3) is 5.52 Å². The molecule has 0 radical (unpaired) electrons. The minimum absolute atomic E-state index is 0.172. The summed E-state index contributed by atoms with van der Waals surface area (Å²) in [4.78, 5) is 5.01. The van der Waals surface area contributed by atoms with Crippen LogP contribution in [-0.2, 0) is 5.41 Å². The molecule has 2 aromatic heterocycles. The molecule has 0 N–H and O–H groups in total. The average molecular weight is 321 g/mol. The number of hydrogen-bond donors (Lipinski definition) is 0. The van der Waals surface area contributed by atoms with Crippen molar-refractivity contribution in [2.24, 2.45) is 4.99 Å². The van der Waals surface area contributed by atoms with Crippen molar-refractivity contribution in [1.82, 2.24) is 9.61 Å². The van der Waals surface area contributed by atoms with Crippen LogP contribution in [0.1, 0.15) is 44.4 Å². The fraction of sp³-hybridized carbons (Fsp3) is 0.300. The Hall–Kier alpha value is -2.49. The highest BCUT2D eigenvalue weighted by atomic mass is 19.1. The zero-order valence-electron chi connectivity index (χ0n) is 14.3. The molecule has 0 aliphatic carbocycles. The zero-order valence-corrected chi connectivity index (χ0v) is 14.3. The van der Waals surface area contributed by atoms with Crippen molar-refractivity contribution in [2.75, 3.05) is 0 Å². The van der Waals surface area contributed by atoms with E-state index in [9.17, 15) is 4.39 Å². The van der Waals surface area contributed by atoms with Gasteiger partial charge < -0.3 is 0 Å². The highest BCUT2D eigenvalue weighted by Gasteiger charge is 2.45. The predicted molar refractivity (Wildman–Crippen MR) is 94.3 cm³/mol. The minimum Gasteiger partial charge on any atom is -0.277 e. The molecule has 0 bridgehead atoms. The second-order valence-electron chi connectivity index (χ2n) is 7.43. The van der Waals surface area contributed by atoms with E-state index in [0.29, 0.717) is 0 Å². The van der Waals surface area contributed by atoms with Crippen LogP contribution in [0.5, 0.6) is 0 Å². The molecule has 0 saturated carbocycles. The van der Waals surface area contributed by atoms with Gasteiger partial charge in [0.25, 0.3) is 0 Å². The van der Waals surface area contributed by atoms with E-state index >= 15 is 0 Å². The first-order valence-corrected chi connectivity index (χ1v) is 8.14. The van der Waals surface area contributed by atoms with Crippen molar-refractivity contribution in [3.8, 4) is 0 Å². The van der Waals surface area contributed by atoms with Gasteiger partial charge in [0.2, 0.25) is 0 Å². The lowest BCUT2D eigenvalue weighted by molar-refractivity contribution is 0.293. The molecule has 0 fully saturated rings. The van der Waals surface area contributed by atoms with Crippen LogP contribution in [0.4, 0.5) is 4.39 Å². The number of rotatable bonds is 1. The predicted octanol–water partition coefficient (Wildman–Crippen LogP) is 4.38. The quantitative estimate of drug-likeness (QED) is 0.654. The third kappa shape index (κ3) is 1.95. The second-order valence-corrected chi connectivity index (χ2v) is 7.43. The molecule has 0 spiro atoms. The van der Waals surface area contributed by atoms with E-state index in [1.165, 1.54) is 6.07 Å². The Bertz CT molecular complexity index is 979. The summed E-state index contributed by atoms with van der Waals surface area (Å²) in [6.07, 6.45) is 3.71. The van der Waals surface area contributed by atoms with Crippen molar-refractivity contribution in [3.05, 3.63) is 71.3 Å². The number of benzene rings is 1. The third-order valence-electron chi connectivity index (χ3n) is 5.47. The lowest BCUT2D eigenvalue weighted by atomic mass is 9.65. The molecule has 3 heterocycles. The minimum atomic E-state index is -0.425. The number of halogens is 1. The number of fused-ring (bicyclic) bond motifs is 2. The summed E-state index contributed by atoms with van der Waals surface area (Å²) in [6, 6.07) is 11.2. The summed E-state index contributed by atoms with van der Waals surface area (Å²) in [5.41, 5.74) is 3.49. The molecule has 1 aliphatic rings. The van der Waals surface area contributed by atoms with E-state index in [0.717, 1.165) is 27.9 Å². The van der Waals surface area contributed by atoms with Crippen molar-refractivity contribution in [2.45, 2.75) is 38.6 Å². The molecular weight excluding hydrogens is 301 g/mol. The number of aliphatic imine (C=N–C) groups is 1. The molecule has 3 nitrogen and oxygen atoms in total. The normalized spacial score (nSPS) is 18.3. The van der Waals surface area contributed by atoms with Gasteiger partial charge in [-0.05, 0) is 38.1 Å². The zero-order chi connectivity index (χ0) is 17.1. The highest BCUT2D eigenvalue weighted by molar-refractivity contribution is 6.15. The van der Waals surface area contributed by atoms with Crippen molar-refractivity contribution >= 4 is 11.2 Å². The van der Waals surface area contributed by atoms with Gasteiger partial charge in [-0.15, -0.1) is 0 Å². The van der Waals surface area contributed by atoms with Gasteiger partial charge in [-0.3, -0.25) is 4.99 Å². The molecule has 0 saturated heterocycles. The van der Waals surface area contributed by atoms with E-state index < -0.39 is 11.0 Å². The van der Waals surface area contributed by atoms with Gasteiger partial charge in [0.15, 0.2) is 0 Å². The fourth-order valence-electron chi connectivity index (χ4n) is 3.42. The molecule has 24 heavy (non-hydrogen) atoms. The van der Waals surface area contributed by atoms with E-state index in [-0.39, 0.29) is 5.82 Å². The van der Waals surface area contributed by atoms with Crippen LogP contribution < -0.4 is 0 Å². The first kappa shape index (κ1) is 15.1. The van der Waals surface area contributed by atoms with Crippen molar-refractivity contribution in [1.29, 1.82) is 0 Å². The van der Waals surface area contributed by atoms with Crippen LogP contribution in [-0.4, -0.2) is 20.9 Å². The van der Waals surface area contributed by atoms with Crippen LogP contribution in [0, 0.1) is 5.82 Å². The number of nitrogens with zero attached hydrogens (tertiary/aromatic N) is 3. The summed E-state index contributed by atoms with van der Waals surface area (Å²) in [5.74, 6) is -0.172. The molecule has 3 aromatic rings. The van der Waals surface area contributed by atoms with Gasteiger partial charge in [0.1, 0.15) is 5.82 Å². The first-order chi connectivity index (χ1) is 11.3. The topological polar surface area (TPSA) is 29.7 Å². The van der Waals surface area contributed by atoms with Gasteiger partial charge in [-0.2, -0.15) is 5.10 Å². The van der Waals surface area contributed by atoms with Crippen LogP contribution in [0.3, 0.4) is 0 Å². The van der Waals surface area contributed by atoms with Gasteiger partial charge in [0, 0.05) is 28.3 Å². The maximum atomic E-state index is 14.7. The monoisotopic (exact) mass is 321 g/mol. The summed E-state index contributed by atoms with van der Waals surface area (Å²) < 4.78 is 16.5. The van der Waals surface area contributed by atoms with Gasteiger partial charge in [-0.25, -0.2) is 8.91 Å². The summed E-state index contributed by atoms with van der Waals surface area (Å²) in [5, 5.41) is 4.44. The van der Waals surface area contributed by atoms with Gasteiger partial charge in [-0.1, -0.05) is 26.0 Å². The molecule has 122 valence electrons. The van der Waals surface area contributed by atoms with Crippen LogP contribution in [0.2, 0.25) is 0 Å². The first-order valence-electron chi connectivity index (χ1n) is 8.14. The largest absolute Gasteiger partial charge is 0.277 e. The van der Waals surface area contributed by atoms with E-state index in [1.807, 2.05) is 28.9 Å². The van der Waals surface area contributed by atoms with Crippen molar-refractivity contribution in [3.63, 3.8) is 0 Å². The maximum absolute atomic E-state index is 14.7. The Morgan fingerprint density at radius 1 is 1.04 bits per heavy atom. The fourth-order valence-corrected chi connectivity index (χ4v) is 3.42. The Kier molecular flexibility index (Phi) is 2.99. The smallest absolute Gasteiger partial charge is 0.127 e. The SMILES string of the molecule is CC1(C)N=C(c2cnn3cccc3c2)c2cccc(F)c2C1(C)C. The maximum Gasteiger partial charge on any atom is 0.127 e. The highest BCUT2D eigenvalue weighted by Crippen LogP contribution is 2.44. The Labute approximate surface area is 140 Å². The molecule has 4 heteroatoms. The van der Waals surface area contributed by atoms with Crippen LogP contribution >= 0.6 is 0 Å². The van der Waals surface area contributed by atoms with Crippen LogP contribution in [0.15, 0.2) is 53.8 Å².